The molecule has 2 nitrogen and oxygen atoms in total. The van der Waals surface area contributed by atoms with Crippen LogP contribution in [0.2, 0.25) is 0 Å². The first-order valence-electron chi connectivity index (χ1n) is 5.54. The average molecular weight is 340 g/mol. The van der Waals surface area contributed by atoms with E-state index in [1.807, 2.05) is 25.1 Å². The highest BCUT2D eigenvalue weighted by Crippen LogP contribution is 2.24. The second-order valence-corrected chi connectivity index (χ2v) is 5.37. The number of nitrogens with one attached hydrogen (secondary N) is 1. The molecule has 98 valence electrons. The Morgan fingerprint density at radius 3 is 2.74 bits per heavy atom. The van der Waals surface area contributed by atoms with Crippen LogP contribution in [-0.2, 0) is 0 Å². The van der Waals surface area contributed by atoms with E-state index in [0.717, 1.165) is 10.0 Å². The summed E-state index contributed by atoms with van der Waals surface area (Å²) in [7, 11) is 0. The maximum absolute atomic E-state index is 13.1. The molecular formula is C14H11BrFNOS. The van der Waals surface area contributed by atoms with E-state index in [9.17, 15) is 9.18 Å². The summed E-state index contributed by atoms with van der Waals surface area (Å²) >= 11 is 7.36. The van der Waals surface area contributed by atoms with Crippen molar-refractivity contribution in [3.05, 3.63) is 57.8 Å². The first-order valence-corrected chi connectivity index (χ1v) is 6.78. The minimum Gasteiger partial charge on any atom is -0.322 e. The average Bonchev–Trinajstić information content (AvgIpc) is 2.38. The molecule has 2 aromatic rings. The van der Waals surface area contributed by atoms with Crippen LogP contribution < -0.4 is 5.32 Å². The smallest absolute Gasteiger partial charge is 0.255 e. The zero-order valence-corrected chi connectivity index (χ0v) is 12.6. The molecule has 0 unspecified atom stereocenters. The predicted octanol–water partition coefficient (Wildman–Crippen LogP) is 4.44. The van der Waals surface area contributed by atoms with E-state index in [1.165, 1.54) is 18.2 Å². The van der Waals surface area contributed by atoms with Gasteiger partial charge in [-0.1, -0.05) is 22.0 Å². The van der Waals surface area contributed by atoms with E-state index in [-0.39, 0.29) is 10.8 Å². The van der Waals surface area contributed by atoms with Gasteiger partial charge < -0.3 is 5.32 Å². The topological polar surface area (TPSA) is 29.1 Å². The number of anilines is 1. The number of hydrogen-bond acceptors (Lipinski definition) is 2. The molecule has 0 radical (unpaired) electrons. The third kappa shape index (κ3) is 3.16. The second-order valence-electron chi connectivity index (χ2n) is 4.03. The SMILES string of the molecule is Cc1c(Br)cccc1NC(=O)c1ccc(F)c(S)c1. The highest BCUT2D eigenvalue weighted by atomic mass is 79.9. The number of benzene rings is 2. The molecular weight excluding hydrogens is 329 g/mol. The Morgan fingerprint density at radius 1 is 1.32 bits per heavy atom. The Hall–Kier alpha value is -1.33. The number of halogens is 2. The molecule has 0 aliphatic carbocycles. The number of hydrogen-bond donors (Lipinski definition) is 2. The summed E-state index contributed by atoms with van der Waals surface area (Å²) in [6, 6.07) is 9.60. The van der Waals surface area contributed by atoms with Crippen molar-refractivity contribution in [1.29, 1.82) is 0 Å². The summed E-state index contributed by atoms with van der Waals surface area (Å²) in [6.07, 6.45) is 0. The number of amides is 1. The van der Waals surface area contributed by atoms with Crippen molar-refractivity contribution in [2.45, 2.75) is 11.8 Å². The van der Waals surface area contributed by atoms with Crippen molar-refractivity contribution in [1.82, 2.24) is 0 Å². The van der Waals surface area contributed by atoms with Gasteiger partial charge in [-0.25, -0.2) is 4.39 Å². The Bertz CT molecular complexity index is 645. The van der Waals surface area contributed by atoms with Gasteiger partial charge in [-0.2, -0.15) is 0 Å². The molecule has 1 N–H and O–H groups in total. The van der Waals surface area contributed by atoms with Crippen molar-refractivity contribution < 1.29 is 9.18 Å². The first-order chi connectivity index (χ1) is 8.99. The number of carbonyl (C=O) groups excluding carboxylic acids is 1. The molecule has 5 heteroatoms. The fourth-order valence-corrected chi connectivity index (χ4v) is 2.17. The lowest BCUT2D eigenvalue weighted by Crippen LogP contribution is -2.13. The number of rotatable bonds is 2. The summed E-state index contributed by atoms with van der Waals surface area (Å²) < 4.78 is 14.0. The first kappa shape index (κ1) is 14.1. The zero-order valence-electron chi connectivity index (χ0n) is 10.1. The van der Waals surface area contributed by atoms with Crippen LogP contribution in [0.1, 0.15) is 15.9 Å². The minimum atomic E-state index is -0.446. The highest BCUT2D eigenvalue weighted by Gasteiger charge is 2.10. The molecule has 0 aromatic heterocycles. The van der Waals surface area contributed by atoms with Gasteiger partial charge in [0, 0.05) is 20.6 Å². The molecule has 0 spiro atoms. The van der Waals surface area contributed by atoms with E-state index in [0.29, 0.717) is 11.3 Å². The van der Waals surface area contributed by atoms with E-state index in [4.69, 9.17) is 0 Å². The molecule has 0 aliphatic rings. The van der Waals surface area contributed by atoms with Crippen molar-refractivity contribution in [2.75, 3.05) is 5.32 Å². The van der Waals surface area contributed by atoms with Crippen molar-refractivity contribution in [3.8, 4) is 0 Å². The summed E-state index contributed by atoms with van der Waals surface area (Å²) in [5.74, 6) is -0.741. The second kappa shape index (κ2) is 5.75. The zero-order chi connectivity index (χ0) is 14.0. The van der Waals surface area contributed by atoms with Crippen LogP contribution in [0.5, 0.6) is 0 Å². The Kier molecular flexibility index (Phi) is 4.27. The number of carbonyl (C=O) groups is 1. The molecule has 0 saturated heterocycles. The monoisotopic (exact) mass is 339 g/mol. The fourth-order valence-electron chi connectivity index (χ4n) is 1.59. The van der Waals surface area contributed by atoms with Crippen molar-refractivity contribution >= 4 is 40.2 Å². The lowest BCUT2D eigenvalue weighted by molar-refractivity contribution is 0.102. The van der Waals surface area contributed by atoms with Gasteiger partial charge in [-0.3, -0.25) is 4.79 Å². The lowest BCUT2D eigenvalue weighted by Gasteiger charge is -2.10. The van der Waals surface area contributed by atoms with E-state index < -0.39 is 5.82 Å². The van der Waals surface area contributed by atoms with Crippen LogP contribution in [0.15, 0.2) is 45.8 Å². The molecule has 0 aliphatic heterocycles. The lowest BCUT2D eigenvalue weighted by atomic mass is 10.1. The summed E-state index contributed by atoms with van der Waals surface area (Å²) in [6.45, 7) is 1.90. The molecule has 0 heterocycles. The molecule has 0 atom stereocenters. The van der Waals surface area contributed by atoms with Crippen LogP contribution in [0, 0.1) is 12.7 Å². The molecule has 2 aromatic carbocycles. The highest BCUT2D eigenvalue weighted by molar-refractivity contribution is 9.10. The van der Waals surface area contributed by atoms with E-state index in [2.05, 4.69) is 33.9 Å². The quantitative estimate of drug-likeness (QED) is 0.778. The third-order valence-electron chi connectivity index (χ3n) is 2.72. The van der Waals surface area contributed by atoms with Gasteiger partial charge in [0.1, 0.15) is 5.82 Å². The van der Waals surface area contributed by atoms with Gasteiger partial charge in [-0.05, 0) is 42.8 Å². The third-order valence-corrected chi connectivity index (χ3v) is 3.93. The van der Waals surface area contributed by atoms with Crippen LogP contribution in [0.3, 0.4) is 0 Å². The van der Waals surface area contributed by atoms with E-state index in [1.54, 1.807) is 0 Å². The van der Waals surface area contributed by atoms with Crippen LogP contribution in [0.4, 0.5) is 10.1 Å². The van der Waals surface area contributed by atoms with Crippen LogP contribution in [0.25, 0.3) is 0 Å². The predicted molar refractivity (Wildman–Crippen MR) is 80.5 cm³/mol. The van der Waals surface area contributed by atoms with Crippen LogP contribution >= 0.6 is 28.6 Å². The minimum absolute atomic E-state index is 0.151. The molecule has 1 amide bonds. The van der Waals surface area contributed by atoms with Crippen LogP contribution in [-0.4, -0.2) is 5.91 Å². The van der Waals surface area contributed by atoms with Gasteiger partial charge in [0.05, 0.1) is 0 Å². The Morgan fingerprint density at radius 2 is 2.05 bits per heavy atom. The fraction of sp³-hybridized carbons (Fsp3) is 0.0714. The van der Waals surface area contributed by atoms with Gasteiger partial charge >= 0.3 is 0 Å². The maximum Gasteiger partial charge on any atom is 0.255 e. The normalized spacial score (nSPS) is 10.3. The summed E-state index contributed by atoms with van der Waals surface area (Å²) in [5, 5.41) is 2.79. The summed E-state index contributed by atoms with van der Waals surface area (Å²) in [4.78, 5) is 12.2. The largest absolute Gasteiger partial charge is 0.322 e. The maximum atomic E-state index is 13.1. The Balaban J connectivity index is 2.26. The Labute approximate surface area is 124 Å². The van der Waals surface area contributed by atoms with E-state index >= 15 is 0 Å². The van der Waals surface area contributed by atoms with Gasteiger partial charge in [0.25, 0.3) is 5.91 Å². The summed E-state index contributed by atoms with van der Waals surface area (Å²) in [5.41, 5.74) is 2.01. The van der Waals surface area contributed by atoms with Crippen molar-refractivity contribution in [3.63, 3.8) is 0 Å². The molecule has 19 heavy (non-hydrogen) atoms. The number of thiol groups is 1. The standard InChI is InChI=1S/C14H11BrFNOS/c1-8-10(15)3-2-4-12(8)17-14(18)9-5-6-11(16)13(19)7-9/h2-7,19H,1H3,(H,17,18). The van der Waals surface area contributed by atoms with Crippen molar-refractivity contribution in [2.24, 2.45) is 0 Å². The molecule has 0 bridgehead atoms. The van der Waals surface area contributed by atoms with Gasteiger partial charge in [0.15, 0.2) is 0 Å². The molecule has 2 rings (SSSR count). The molecule has 0 saturated carbocycles. The molecule has 0 fully saturated rings. The van der Waals surface area contributed by atoms with Gasteiger partial charge in [0.2, 0.25) is 0 Å². The van der Waals surface area contributed by atoms with Gasteiger partial charge in [-0.15, -0.1) is 12.6 Å².